The van der Waals surface area contributed by atoms with Crippen molar-refractivity contribution in [1.29, 1.82) is 0 Å². The van der Waals surface area contributed by atoms with Gasteiger partial charge in [0.05, 0.1) is 0 Å². The molecule has 2 heteroatoms. The van der Waals surface area contributed by atoms with Gasteiger partial charge in [-0.25, -0.2) is 0 Å². The van der Waals surface area contributed by atoms with Gasteiger partial charge in [-0.1, -0.05) is 44.2 Å². The molecule has 0 aliphatic rings. The van der Waals surface area contributed by atoms with Gasteiger partial charge in [0.1, 0.15) is 0 Å². The second-order valence-electron chi connectivity index (χ2n) is 4.94. The van der Waals surface area contributed by atoms with Crippen LogP contribution in [0.5, 0.6) is 0 Å². The molecule has 0 aliphatic heterocycles. The van der Waals surface area contributed by atoms with Gasteiger partial charge in [0, 0.05) is 13.1 Å². The van der Waals surface area contributed by atoms with Crippen molar-refractivity contribution < 1.29 is 0 Å². The Hall–Kier alpha value is -1.12. The van der Waals surface area contributed by atoms with Crippen molar-refractivity contribution in [3.63, 3.8) is 0 Å². The van der Waals surface area contributed by atoms with E-state index in [0.717, 1.165) is 39.1 Å². The monoisotopic (exact) mass is 260 g/mol. The van der Waals surface area contributed by atoms with E-state index in [4.69, 9.17) is 0 Å². The second kappa shape index (κ2) is 9.76. The molecule has 106 valence electrons. The normalized spacial score (nSPS) is 10.9. The van der Waals surface area contributed by atoms with Gasteiger partial charge in [0.2, 0.25) is 0 Å². The molecular formula is C17H28N2. The van der Waals surface area contributed by atoms with Crippen molar-refractivity contribution in [2.24, 2.45) is 0 Å². The van der Waals surface area contributed by atoms with E-state index < -0.39 is 0 Å². The van der Waals surface area contributed by atoms with Gasteiger partial charge in [-0.2, -0.15) is 0 Å². The van der Waals surface area contributed by atoms with Crippen LogP contribution >= 0.6 is 0 Å². The summed E-state index contributed by atoms with van der Waals surface area (Å²) in [5, 5.41) is 3.36. The highest BCUT2D eigenvalue weighted by molar-refractivity contribution is 5.22. The van der Waals surface area contributed by atoms with E-state index in [-0.39, 0.29) is 0 Å². The molecule has 0 heterocycles. The number of hydrogen-bond acceptors (Lipinski definition) is 2. The lowest BCUT2D eigenvalue weighted by Crippen LogP contribution is -2.24. The van der Waals surface area contributed by atoms with E-state index in [0.29, 0.717) is 0 Å². The van der Waals surface area contributed by atoms with Crippen LogP contribution in [0.15, 0.2) is 36.9 Å². The van der Waals surface area contributed by atoms with Crippen LogP contribution in [0, 0.1) is 0 Å². The molecule has 0 aromatic heterocycles. The zero-order chi connectivity index (χ0) is 13.9. The fourth-order valence-electron chi connectivity index (χ4n) is 2.21. The van der Waals surface area contributed by atoms with Gasteiger partial charge < -0.3 is 5.32 Å². The van der Waals surface area contributed by atoms with Crippen molar-refractivity contribution in [3.8, 4) is 0 Å². The first-order valence-electron chi connectivity index (χ1n) is 7.41. The van der Waals surface area contributed by atoms with Gasteiger partial charge in [0.15, 0.2) is 0 Å². The van der Waals surface area contributed by atoms with Gasteiger partial charge >= 0.3 is 0 Å². The van der Waals surface area contributed by atoms with Crippen LogP contribution in [0.1, 0.15) is 31.4 Å². The fraction of sp³-hybridized carbons (Fsp3) is 0.529. The predicted octanol–water partition coefficient (Wildman–Crippen LogP) is 3.24. The predicted molar refractivity (Wildman–Crippen MR) is 84.5 cm³/mol. The van der Waals surface area contributed by atoms with Crippen molar-refractivity contribution in [2.75, 3.05) is 26.2 Å². The molecule has 0 saturated carbocycles. The molecule has 0 fully saturated rings. The third kappa shape index (κ3) is 6.55. The van der Waals surface area contributed by atoms with Gasteiger partial charge in [-0.15, -0.1) is 6.58 Å². The van der Waals surface area contributed by atoms with Gasteiger partial charge in [-0.3, -0.25) is 4.90 Å². The third-order valence-corrected chi connectivity index (χ3v) is 3.20. The Labute approximate surface area is 118 Å². The van der Waals surface area contributed by atoms with E-state index in [1.165, 1.54) is 17.5 Å². The minimum Gasteiger partial charge on any atom is -0.317 e. The summed E-state index contributed by atoms with van der Waals surface area (Å²) >= 11 is 0. The molecule has 0 bridgehead atoms. The highest BCUT2D eigenvalue weighted by Crippen LogP contribution is 2.08. The van der Waals surface area contributed by atoms with E-state index in [2.05, 4.69) is 54.9 Å². The highest BCUT2D eigenvalue weighted by Gasteiger charge is 2.03. The molecule has 0 saturated heterocycles. The molecule has 0 atom stereocenters. The average Bonchev–Trinajstić information content (AvgIpc) is 2.42. The molecule has 0 radical (unpaired) electrons. The smallest absolute Gasteiger partial charge is 0.0237 e. The first-order valence-corrected chi connectivity index (χ1v) is 7.41. The lowest BCUT2D eigenvalue weighted by Gasteiger charge is -2.20. The molecule has 1 aromatic rings. The zero-order valence-corrected chi connectivity index (χ0v) is 12.5. The first kappa shape index (κ1) is 15.9. The summed E-state index contributed by atoms with van der Waals surface area (Å²) in [7, 11) is 0. The summed E-state index contributed by atoms with van der Waals surface area (Å²) in [6.45, 7) is 13.4. The molecule has 0 unspecified atom stereocenters. The minimum atomic E-state index is 0.968. The van der Waals surface area contributed by atoms with Crippen molar-refractivity contribution in [2.45, 2.75) is 33.2 Å². The number of rotatable bonds is 10. The van der Waals surface area contributed by atoms with Crippen molar-refractivity contribution >= 4 is 0 Å². The molecular weight excluding hydrogens is 232 g/mol. The van der Waals surface area contributed by atoms with Crippen LogP contribution in [-0.2, 0) is 13.0 Å². The Balaban J connectivity index is 2.47. The summed E-state index contributed by atoms with van der Waals surface area (Å²) in [6, 6.07) is 9.02. The van der Waals surface area contributed by atoms with E-state index >= 15 is 0 Å². The maximum atomic E-state index is 3.83. The summed E-state index contributed by atoms with van der Waals surface area (Å²) in [5.74, 6) is 0. The topological polar surface area (TPSA) is 15.3 Å². The Morgan fingerprint density at radius 3 is 2.42 bits per heavy atom. The SMILES string of the molecule is C=CCN(CCC)Cc1ccc(CCNCC)cc1. The molecule has 0 amide bonds. The van der Waals surface area contributed by atoms with Gasteiger partial charge in [0.25, 0.3) is 0 Å². The van der Waals surface area contributed by atoms with Crippen LogP contribution < -0.4 is 5.32 Å². The molecule has 1 rings (SSSR count). The standard InChI is InChI=1S/C17H28N2/c1-4-13-19(14-5-2)15-17-9-7-16(8-10-17)11-12-18-6-3/h4,7-10,18H,1,5-6,11-15H2,2-3H3. The maximum absolute atomic E-state index is 3.83. The lowest BCUT2D eigenvalue weighted by molar-refractivity contribution is 0.295. The molecule has 1 aromatic carbocycles. The average molecular weight is 260 g/mol. The highest BCUT2D eigenvalue weighted by atomic mass is 15.1. The summed E-state index contributed by atoms with van der Waals surface area (Å²) in [4.78, 5) is 2.43. The number of hydrogen-bond donors (Lipinski definition) is 1. The van der Waals surface area contributed by atoms with Crippen LogP contribution in [-0.4, -0.2) is 31.1 Å². The van der Waals surface area contributed by atoms with Gasteiger partial charge in [-0.05, 0) is 43.6 Å². The lowest BCUT2D eigenvalue weighted by atomic mass is 10.1. The van der Waals surface area contributed by atoms with E-state index in [1.54, 1.807) is 0 Å². The largest absolute Gasteiger partial charge is 0.317 e. The Morgan fingerprint density at radius 2 is 1.84 bits per heavy atom. The van der Waals surface area contributed by atoms with E-state index in [9.17, 15) is 0 Å². The minimum absolute atomic E-state index is 0.968. The van der Waals surface area contributed by atoms with Crippen molar-refractivity contribution in [1.82, 2.24) is 10.2 Å². The number of nitrogens with one attached hydrogen (secondary N) is 1. The second-order valence-corrected chi connectivity index (χ2v) is 4.94. The Bertz CT molecular complexity index is 343. The first-order chi connectivity index (χ1) is 9.30. The van der Waals surface area contributed by atoms with Crippen LogP contribution in [0.4, 0.5) is 0 Å². The zero-order valence-electron chi connectivity index (χ0n) is 12.5. The number of nitrogens with zero attached hydrogens (tertiary/aromatic N) is 1. The number of likely N-dealkylation sites (N-methyl/N-ethyl adjacent to an activating group) is 1. The number of benzene rings is 1. The molecule has 19 heavy (non-hydrogen) atoms. The molecule has 1 N–H and O–H groups in total. The van der Waals surface area contributed by atoms with Crippen molar-refractivity contribution in [3.05, 3.63) is 48.0 Å². The maximum Gasteiger partial charge on any atom is 0.0237 e. The van der Waals surface area contributed by atoms with E-state index in [1.807, 2.05) is 6.08 Å². The van der Waals surface area contributed by atoms with Crippen LogP contribution in [0.3, 0.4) is 0 Å². The third-order valence-electron chi connectivity index (χ3n) is 3.20. The Morgan fingerprint density at radius 1 is 1.16 bits per heavy atom. The fourth-order valence-corrected chi connectivity index (χ4v) is 2.21. The molecule has 0 aliphatic carbocycles. The van der Waals surface area contributed by atoms with Crippen LogP contribution in [0.2, 0.25) is 0 Å². The van der Waals surface area contributed by atoms with Crippen LogP contribution in [0.25, 0.3) is 0 Å². The summed E-state index contributed by atoms with van der Waals surface area (Å²) in [5.41, 5.74) is 2.80. The molecule has 2 nitrogen and oxygen atoms in total. The quantitative estimate of drug-likeness (QED) is 0.513. The Kier molecular flexibility index (Phi) is 8.19. The summed E-state index contributed by atoms with van der Waals surface area (Å²) in [6.07, 6.45) is 4.29. The molecule has 0 spiro atoms. The summed E-state index contributed by atoms with van der Waals surface area (Å²) < 4.78 is 0.